The van der Waals surface area contributed by atoms with Crippen LogP contribution in [0, 0.1) is 0 Å². The van der Waals surface area contributed by atoms with Gasteiger partial charge in [0.1, 0.15) is 0 Å². The first-order valence-corrected chi connectivity index (χ1v) is 4.44. The third-order valence-electron chi connectivity index (χ3n) is 1.30. The largest absolute Gasteiger partial charge is 0.716 e. The summed E-state index contributed by atoms with van der Waals surface area (Å²) >= 11 is 0. The average Bonchev–Trinajstić information content (AvgIpc) is 2.06. The van der Waals surface area contributed by atoms with Gasteiger partial charge in [-0.2, -0.15) is 0 Å². The van der Waals surface area contributed by atoms with E-state index < -0.39 is 8.25 Å². The predicted molar refractivity (Wildman–Crippen MR) is 38.1 cm³/mol. The van der Waals surface area contributed by atoms with Crippen molar-refractivity contribution in [3.8, 4) is 0 Å². The van der Waals surface area contributed by atoms with Gasteiger partial charge in [-0.15, -0.1) is 9.59 Å². The molecule has 0 spiro atoms. The van der Waals surface area contributed by atoms with Crippen molar-refractivity contribution in [2.75, 3.05) is 33.4 Å². The molecule has 0 amide bonds. The van der Waals surface area contributed by atoms with E-state index in [-0.39, 0.29) is 0 Å². The molecule has 1 rings (SSSR count). The highest BCUT2D eigenvalue weighted by Gasteiger charge is 2.25. The van der Waals surface area contributed by atoms with Crippen molar-refractivity contribution in [3.05, 3.63) is 0 Å². The van der Waals surface area contributed by atoms with Crippen LogP contribution in [0.25, 0.3) is 0 Å². The zero-order valence-corrected chi connectivity index (χ0v) is 7.25. The molecule has 0 aromatic heterocycles. The Morgan fingerprint density at radius 2 is 2.09 bits per heavy atom. The fourth-order valence-corrected chi connectivity index (χ4v) is 1.17. The fraction of sp³-hybridized carbons (Fsp3) is 1.00. The van der Waals surface area contributed by atoms with E-state index in [1.807, 2.05) is 0 Å². The first kappa shape index (κ1) is 9.03. The Morgan fingerprint density at radius 1 is 1.45 bits per heavy atom. The van der Waals surface area contributed by atoms with Gasteiger partial charge in [-0.3, -0.25) is 0 Å². The summed E-state index contributed by atoms with van der Waals surface area (Å²) in [5, 5.41) is 1.59. The summed E-state index contributed by atoms with van der Waals surface area (Å²) in [6.45, 7) is 2.52. The van der Waals surface area contributed by atoms with Gasteiger partial charge < -0.3 is 4.74 Å². The molecule has 0 N–H and O–H groups in total. The normalized spacial score (nSPS) is 21.7. The summed E-state index contributed by atoms with van der Waals surface area (Å²) in [7, 11) is -0.634. The Morgan fingerprint density at radius 3 is 2.64 bits per heavy atom. The summed E-state index contributed by atoms with van der Waals surface area (Å²) in [5.74, 6) is 0. The van der Waals surface area contributed by atoms with Crippen molar-refractivity contribution in [2.24, 2.45) is 0 Å². The minimum absolute atomic E-state index is 0.618. The maximum atomic E-state index is 10.7. The van der Waals surface area contributed by atoms with E-state index in [1.54, 1.807) is 5.06 Å². The monoisotopic (exact) mass is 180 g/mol. The molecule has 1 aliphatic heterocycles. The summed E-state index contributed by atoms with van der Waals surface area (Å²) in [6, 6.07) is 0. The highest BCUT2D eigenvalue weighted by molar-refractivity contribution is 7.33. The molecule has 1 saturated heterocycles. The van der Waals surface area contributed by atoms with Crippen LogP contribution in [-0.2, 0) is 18.5 Å². The van der Waals surface area contributed by atoms with Crippen LogP contribution in [0.5, 0.6) is 0 Å². The molecule has 0 bridgehead atoms. The lowest BCUT2D eigenvalue weighted by Crippen LogP contribution is -2.34. The number of morpholine rings is 1. The fourth-order valence-electron chi connectivity index (χ4n) is 0.756. The maximum Gasteiger partial charge on any atom is 0.716 e. The lowest BCUT2D eigenvalue weighted by molar-refractivity contribution is -0.120. The number of hydrogen-bond donors (Lipinski definition) is 0. The molecule has 6 heteroatoms. The van der Waals surface area contributed by atoms with E-state index in [0.29, 0.717) is 26.3 Å². The molecule has 0 radical (unpaired) electrons. The first-order chi connectivity index (χ1) is 5.33. The standard InChI is InChI=1S/C5H11NO4P/c1-8-11(7)10-6-2-4-9-5-3-6/h2-5H2,1H3/q+1. The van der Waals surface area contributed by atoms with Crippen LogP contribution in [0.1, 0.15) is 0 Å². The molecule has 0 aromatic carbocycles. The minimum atomic E-state index is -1.98. The molecule has 1 heterocycles. The number of rotatable bonds is 3. The molecule has 11 heavy (non-hydrogen) atoms. The van der Waals surface area contributed by atoms with Crippen molar-refractivity contribution in [3.63, 3.8) is 0 Å². The van der Waals surface area contributed by atoms with Gasteiger partial charge in [0.2, 0.25) is 0 Å². The van der Waals surface area contributed by atoms with Gasteiger partial charge in [0.05, 0.1) is 33.4 Å². The van der Waals surface area contributed by atoms with Gasteiger partial charge in [0.25, 0.3) is 0 Å². The third-order valence-corrected chi connectivity index (χ3v) is 1.96. The van der Waals surface area contributed by atoms with Crippen LogP contribution < -0.4 is 0 Å². The van der Waals surface area contributed by atoms with Crippen LogP contribution in [0.3, 0.4) is 0 Å². The molecule has 1 unspecified atom stereocenters. The molecule has 5 nitrogen and oxygen atoms in total. The van der Waals surface area contributed by atoms with E-state index in [9.17, 15) is 4.57 Å². The second kappa shape index (κ2) is 4.74. The summed E-state index contributed by atoms with van der Waals surface area (Å²) in [6.07, 6.45) is 0. The van der Waals surface area contributed by atoms with Gasteiger partial charge in [0, 0.05) is 4.57 Å². The average molecular weight is 180 g/mol. The first-order valence-electron chi connectivity index (χ1n) is 3.35. The lowest BCUT2D eigenvalue weighted by Gasteiger charge is -2.19. The van der Waals surface area contributed by atoms with Crippen LogP contribution >= 0.6 is 8.25 Å². The Kier molecular flexibility index (Phi) is 3.90. The van der Waals surface area contributed by atoms with E-state index in [1.165, 1.54) is 7.11 Å². The molecular weight excluding hydrogens is 169 g/mol. The van der Waals surface area contributed by atoms with E-state index in [2.05, 4.69) is 4.52 Å². The predicted octanol–water partition coefficient (Wildman–Crippen LogP) is 0.554. The maximum absolute atomic E-state index is 10.7. The molecular formula is C5H11NO4P+. The molecule has 64 valence electrons. The van der Waals surface area contributed by atoms with Crippen molar-refractivity contribution in [2.45, 2.75) is 0 Å². The second-order valence-electron chi connectivity index (χ2n) is 2.03. The quantitative estimate of drug-likeness (QED) is 0.593. The summed E-state index contributed by atoms with van der Waals surface area (Å²) in [4.78, 5) is 0. The number of nitrogens with zero attached hydrogens (tertiary/aromatic N) is 1. The van der Waals surface area contributed by atoms with Crippen molar-refractivity contribution in [1.29, 1.82) is 0 Å². The van der Waals surface area contributed by atoms with Crippen molar-refractivity contribution in [1.82, 2.24) is 5.06 Å². The summed E-state index contributed by atoms with van der Waals surface area (Å²) in [5.41, 5.74) is 0. The smallest absolute Gasteiger partial charge is 0.379 e. The van der Waals surface area contributed by atoms with Gasteiger partial charge in [0.15, 0.2) is 0 Å². The zero-order chi connectivity index (χ0) is 8.10. The van der Waals surface area contributed by atoms with Gasteiger partial charge in [-0.25, -0.2) is 0 Å². The number of hydroxylamine groups is 2. The van der Waals surface area contributed by atoms with Crippen molar-refractivity contribution >= 4 is 8.25 Å². The Labute approximate surface area is 66.1 Å². The van der Waals surface area contributed by atoms with Crippen molar-refractivity contribution < 1.29 is 18.5 Å². The molecule has 1 fully saturated rings. The Bertz CT molecular complexity index is 136. The van der Waals surface area contributed by atoms with Gasteiger partial charge >= 0.3 is 8.25 Å². The molecule has 1 atom stereocenters. The summed E-state index contributed by atoms with van der Waals surface area (Å²) < 4.78 is 25.1. The van der Waals surface area contributed by atoms with Crippen LogP contribution in [0.2, 0.25) is 0 Å². The van der Waals surface area contributed by atoms with Gasteiger partial charge in [-0.05, 0) is 4.62 Å². The minimum Gasteiger partial charge on any atom is -0.379 e. The highest BCUT2D eigenvalue weighted by atomic mass is 31.1. The van der Waals surface area contributed by atoms with E-state index in [0.717, 1.165) is 0 Å². The SMILES string of the molecule is CO[P+](=O)ON1CCOCC1. The number of ether oxygens (including phenoxy) is 1. The third kappa shape index (κ3) is 3.22. The van der Waals surface area contributed by atoms with E-state index in [4.69, 9.17) is 9.36 Å². The van der Waals surface area contributed by atoms with Crippen LogP contribution in [-0.4, -0.2) is 38.5 Å². The Balaban J connectivity index is 2.19. The molecule has 0 saturated carbocycles. The zero-order valence-electron chi connectivity index (χ0n) is 6.36. The lowest BCUT2D eigenvalue weighted by atomic mass is 10.5. The second-order valence-corrected chi connectivity index (χ2v) is 3.00. The van der Waals surface area contributed by atoms with Crippen LogP contribution in [0.4, 0.5) is 0 Å². The van der Waals surface area contributed by atoms with E-state index >= 15 is 0 Å². The molecule has 1 aliphatic rings. The molecule has 0 aliphatic carbocycles. The Hall–Kier alpha value is -0.0600. The number of hydrogen-bond acceptors (Lipinski definition) is 5. The molecule has 0 aromatic rings. The topological polar surface area (TPSA) is 48.0 Å². The highest BCUT2D eigenvalue weighted by Crippen LogP contribution is 2.23. The van der Waals surface area contributed by atoms with Crippen LogP contribution in [0.15, 0.2) is 0 Å². The van der Waals surface area contributed by atoms with Gasteiger partial charge in [-0.1, -0.05) is 0 Å².